The number of hydrogen-bond acceptors (Lipinski definition) is 4. The molecular formula is C11H13ClFN3O2. The predicted octanol–water partition coefficient (Wildman–Crippen LogP) is 2.19. The number of halogens is 2. The molecular weight excluding hydrogens is 261 g/mol. The van der Waals surface area contributed by atoms with Crippen molar-refractivity contribution in [2.75, 3.05) is 31.1 Å². The first kappa shape index (κ1) is 13.0. The lowest BCUT2D eigenvalue weighted by Crippen LogP contribution is -2.28. The van der Waals surface area contributed by atoms with Gasteiger partial charge in [-0.2, -0.15) is 0 Å². The zero-order valence-electron chi connectivity index (χ0n) is 9.66. The van der Waals surface area contributed by atoms with E-state index < -0.39 is 10.7 Å². The third-order valence-corrected chi connectivity index (χ3v) is 3.18. The van der Waals surface area contributed by atoms with E-state index in [0.29, 0.717) is 18.8 Å². The molecule has 0 aliphatic carbocycles. The average Bonchev–Trinajstić information content (AvgIpc) is 2.60. The first-order valence-electron chi connectivity index (χ1n) is 5.68. The molecule has 1 fully saturated rings. The van der Waals surface area contributed by atoms with Crippen molar-refractivity contribution in [3.63, 3.8) is 0 Å². The monoisotopic (exact) mass is 273 g/mol. The molecule has 1 aliphatic heterocycles. The molecule has 0 bridgehead atoms. The van der Waals surface area contributed by atoms with Gasteiger partial charge in [0.25, 0.3) is 5.69 Å². The third-order valence-electron chi connectivity index (χ3n) is 2.89. The highest BCUT2D eigenvalue weighted by Crippen LogP contribution is 2.33. The van der Waals surface area contributed by atoms with Gasteiger partial charge in [0.2, 0.25) is 0 Å². The fraction of sp³-hybridized carbons (Fsp3) is 0.455. The molecule has 0 amide bonds. The van der Waals surface area contributed by atoms with E-state index in [9.17, 15) is 14.5 Å². The van der Waals surface area contributed by atoms with Crippen LogP contribution < -0.4 is 10.2 Å². The highest BCUT2D eigenvalue weighted by Gasteiger charge is 2.23. The lowest BCUT2D eigenvalue weighted by Gasteiger charge is -2.22. The Morgan fingerprint density at radius 2 is 2.17 bits per heavy atom. The number of nitrogens with zero attached hydrogens (tertiary/aromatic N) is 2. The Hall–Kier alpha value is -1.40. The summed E-state index contributed by atoms with van der Waals surface area (Å²) in [5, 5.41) is 14.1. The van der Waals surface area contributed by atoms with Gasteiger partial charge in [-0.25, -0.2) is 4.39 Å². The van der Waals surface area contributed by atoms with Gasteiger partial charge in [-0.1, -0.05) is 11.6 Å². The van der Waals surface area contributed by atoms with Gasteiger partial charge in [0.15, 0.2) is 0 Å². The van der Waals surface area contributed by atoms with Gasteiger partial charge in [0, 0.05) is 19.6 Å². The summed E-state index contributed by atoms with van der Waals surface area (Å²) in [4.78, 5) is 12.3. The third kappa shape index (κ3) is 2.70. The van der Waals surface area contributed by atoms with Gasteiger partial charge in [-0.05, 0) is 19.0 Å². The van der Waals surface area contributed by atoms with Gasteiger partial charge in [0.05, 0.1) is 16.0 Å². The maximum Gasteiger partial charge on any atom is 0.295 e. The second-order valence-corrected chi connectivity index (χ2v) is 4.51. The summed E-state index contributed by atoms with van der Waals surface area (Å²) < 4.78 is 13.3. The fourth-order valence-electron chi connectivity index (χ4n) is 2.01. The van der Waals surface area contributed by atoms with Crippen molar-refractivity contribution >= 4 is 23.0 Å². The maximum atomic E-state index is 13.3. The summed E-state index contributed by atoms with van der Waals surface area (Å²) >= 11 is 5.71. The number of nitro benzene ring substituents is 1. The van der Waals surface area contributed by atoms with Gasteiger partial charge in [-0.3, -0.25) is 10.1 Å². The molecule has 1 saturated heterocycles. The Kier molecular flexibility index (Phi) is 3.98. The van der Waals surface area contributed by atoms with Crippen molar-refractivity contribution in [3.05, 3.63) is 33.1 Å². The van der Waals surface area contributed by atoms with Crippen LogP contribution >= 0.6 is 11.6 Å². The van der Waals surface area contributed by atoms with Crippen molar-refractivity contribution < 1.29 is 9.31 Å². The number of rotatable bonds is 2. The zero-order valence-corrected chi connectivity index (χ0v) is 10.4. The molecule has 5 nitrogen and oxygen atoms in total. The molecule has 0 radical (unpaired) electrons. The Morgan fingerprint density at radius 3 is 2.89 bits per heavy atom. The van der Waals surface area contributed by atoms with Crippen molar-refractivity contribution in [1.29, 1.82) is 0 Å². The van der Waals surface area contributed by atoms with Crippen molar-refractivity contribution in [2.24, 2.45) is 0 Å². The molecule has 1 heterocycles. The molecule has 1 aliphatic rings. The minimum atomic E-state index is -0.764. The van der Waals surface area contributed by atoms with Crippen LogP contribution in [0.4, 0.5) is 15.8 Å². The molecule has 0 unspecified atom stereocenters. The van der Waals surface area contributed by atoms with Crippen LogP contribution in [0.15, 0.2) is 12.1 Å². The van der Waals surface area contributed by atoms with Gasteiger partial charge in [0.1, 0.15) is 11.5 Å². The molecule has 1 aromatic rings. The first-order valence-corrected chi connectivity index (χ1v) is 6.06. The van der Waals surface area contributed by atoms with Crippen LogP contribution in [0.2, 0.25) is 5.02 Å². The van der Waals surface area contributed by atoms with Crippen LogP contribution in [0.5, 0.6) is 0 Å². The Morgan fingerprint density at radius 1 is 1.39 bits per heavy atom. The summed E-state index contributed by atoms with van der Waals surface area (Å²) in [5.74, 6) is -0.764. The SMILES string of the molecule is O=[N+]([O-])c1cc(F)c(Cl)cc1N1CCCNCC1. The molecule has 2 rings (SSSR count). The Bertz CT molecular complexity index is 462. The largest absolute Gasteiger partial charge is 0.365 e. The highest BCUT2D eigenvalue weighted by molar-refractivity contribution is 6.31. The first-order chi connectivity index (χ1) is 8.59. The minimum Gasteiger partial charge on any atom is -0.365 e. The lowest BCUT2D eigenvalue weighted by molar-refractivity contribution is -0.384. The molecule has 1 aromatic carbocycles. The standard InChI is InChI=1S/C11H13ClFN3O2/c12-8-6-10(11(16(17)18)7-9(8)13)15-4-1-2-14-3-5-15/h6-7,14H,1-5H2. The molecule has 0 atom stereocenters. The van der Waals surface area contributed by atoms with Gasteiger partial charge in [-0.15, -0.1) is 0 Å². The van der Waals surface area contributed by atoms with E-state index in [-0.39, 0.29) is 10.7 Å². The van der Waals surface area contributed by atoms with E-state index in [4.69, 9.17) is 11.6 Å². The van der Waals surface area contributed by atoms with Gasteiger partial charge >= 0.3 is 0 Å². The number of nitro groups is 1. The second-order valence-electron chi connectivity index (χ2n) is 4.10. The van der Waals surface area contributed by atoms with Crippen molar-refractivity contribution in [1.82, 2.24) is 5.32 Å². The molecule has 0 saturated carbocycles. The number of benzene rings is 1. The van der Waals surface area contributed by atoms with Crippen LogP contribution in [0, 0.1) is 15.9 Å². The van der Waals surface area contributed by atoms with Crippen LogP contribution in [-0.2, 0) is 0 Å². The van der Waals surface area contributed by atoms with Crippen LogP contribution in [0.1, 0.15) is 6.42 Å². The summed E-state index contributed by atoms with van der Waals surface area (Å²) in [7, 11) is 0. The number of anilines is 1. The fourth-order valence-corrected chi connectivity index (χ4v) is 2.17. The highest BCUT2D eigenvalue weighted by atomic mass is 35.5. The Labute approximate surface area is 109 Å². The minimum absolute atomic E-state index is 0.0900. The summed E-state index contributed by atoms with van der Waals surface area (Å²) in [6.07, 6.45) is 0.881. The topological polar surface area (TPSA) is 58.4 Å². The number of nitrogens with one attached hydrogen (secondary N) is 1. The van der Waals surface area contributed by atoms with E-state index in [1.54, 1.807) is 0 Å². The normalized spacial score (nSPS) is 16.4. The van der Waals surface area contributed by atoms with E-state index in [1.165, 1.54) is 6.07 Å². The van der Waals surface area contributed by atoms with E-state index in [0.717, 1.165) is 25.6 Å². The van der Waals surface area contributed by atoms with Crippen LogP contribution in [0.25, 0.3) is 0 Å². The maximum absolute atomic E-state index is 13.3. The summed E-state index contributed by atoms with van der Waals surface area (Å²) in [5.41, 5.74) is 0.147. The predicted molar refractivity (Wildman–Crippen MR) is 67.8 cm³/mol. The second kappa shape index (κ2) is 5.49. The quantitative estimate of drug-likeness (QED) is 0.663. The smallest absolute Gasteiger partial charge is 0.295 e. The average molecular weight is 274 g/mol. The zero-order chi connectivity index (χ0) is 13.1. The van der Waals surface area contributed by atoms with Crippen LogP contribution in [0.3, 0.4) is 0 Å². The van der Waals surface area contributed by atoms with E-state index in [1.807, 2.05) is 4.90 Å². The van der Waals surface area contributed by atoms with Crippen molar-refractivity contribution in [2.45, 2.75) is 6.42 Å². The molecule has 7 heteroatoms. The Balaban J connectivity index is 2.40. The summed E-state index contributed by atoms with van der Waals surface area (Å²) in [6, 6.07) is 2.22. The summed E-state index contributed by atoms with van der Waals surface area (Å²) in [6.45, 7) is 2.95. The van der Waals surface area contributed by atoms with E-state index >= 15 is 0 Å². The molecule has 1 N–H and O–H groups in total. The number of hydrogen-bond donors (Lipinski definition) is 1. The van der Waals surface area contributed by atoms with Crippen LogP contribution in [-0.4, -0.2) is 31.1 Å². The molecule has 0 spiro atoms. The molecule has 0 aromatic heterocycles. The van der Waals surface area contributed by atoms with Gasteiger partial charge < -0.3 is 10.2 Å². The van der Waals surface area contributed by atoms with E-state index in [2.05, 4.69) is 5.32 Å². The molecule has 18 heavy (non-hydrogen) atoms. The van der Waals surface area contributed by atoms with Crippen molar-refractivity contribution in [3.8, 4) is 0 Å². The lowest BCUT2D eigenvalue weighted by atomic mass is 10.2. The molecule has 98 valence electrons.